The van der Waals surface area contributed by atoms with E-state index in [0.717, 1.165) is 38.5 Å². The summed E-state index contributed by atoms with van der Waals surface area (Å²) in [5.74, 6) is -0.773. The van der Waals surface area contributed by atoms with E-state index in [1.807, 2.05) is 13.8 Å². The van der Waals surface area contributed by atoms with Crippen molar-refractivity contribution in [2.24, 2.45) is 17.8 Å². The number of carbonyl (C=O) groups excluding carboxylic acids is 4. The third-order valence-corrected chi connectivity index (χ3v) is 7.89. The van der Waals surface area contributed by atoms with Crippen LogP contribution in [-0.4, -0.2) is 61.5 Å². The van der Waals surface area contributed by atoms with E-state index in [9.17, 15) is 19.2 Å². The molecule has 0 aliphatic heterocycles. The molecule has 1 fully saturated rings. The predicted molar refractivity (Wildman–Crippen MR) is 160 cm³/mol. The third kappa shape index (κ3) is 10.5. The van der Waals surface area contributed by atoms with Crippen molar-refractivity contribution in [2.45, 2.75) is 71.8 Å². The molecule has 2 atom stereocenters. The van der Waals surface area contributed by atoms with Gasteiger partial charge in [0.25, 0.3) is 0 Å². The molecule has 9 heteroatoms. The van der Waals surface area contributed by atoms with E-state index in [0.29, 0.717) is 53.7 Å². The quantitative estimate of drug-likeness (QED) is 0.194. The Labute approximate surface area is 253 Å². The summed E-state index contributed by atoms with van der Waals surface area (Å²) in [6.07, 6.45) is 6.16. The zero-order chi connectivity index (χ0) is 31.2. The van der Waals surface area contributed by atoms with Crippen LogP contribution in [-0.2, 0) is 18.9 Å². The van der Waals surface area contributed by atoms with Gasteiger partial charge < -0.3 is 24.1 Å². The molecule has 2 aromatic carbocycles. The van der Waals surface area contributed by atoms with E-state index in [1.165, 1.54) is 12.1 Å². The monoisotopic (exact) mass is 596 g/mol. The van der Waals surface area contributed by atoms with E-state index in [1.54, 1.807) is 36.4 Å². The summed E-state index contributed by atoms with van der Waals surface area (Å²) < 4.78 is 21.4. The molecule has 1 aliphatic rings. The minimum atomic E-state index is -0.556. The second-order valence-electron chi connectivity index (χ2n) is 11.2. The summed E-state index contributed by atoms with van der Waals surface area (Å²) >= 11 is 0. The lowest BCUT2D eigenvalue weighted by molar-refractivity contribution is 0.00909. The van der Waals surface area contributed by atoms with Gasteiger partial charge in [-0.3, -0.25) is 0 Å². The van der Waals surface area contributed by atoms with Crippen LogP contribution in [0.4, 0.5) is 0 Å². The van der Waals surface area contributed by atoms with Crippen LogP contribution in [0.3, 0.4) is 0 Å². The first kappa shape index (κ1) is 33.8. The van der Waals surface area contributed by atoms with Gasteiger partial charge in [0.1, 0.15) is 12.7 Å². The summed E-state index contributed by atoms with van der Waals surface area (Å²) in [6, 6.07) is 12.5. The van der Waals surface area contributed by atoms with Crippen molar-refractivity contribution in [3.8, 4) is 0 Å². The van der Waals surface area contributed by atoms with Crippen molar-refractivity contribution in [2.75, 3.05) is 26.4 Å². The molecule has 1 N–H and O–H groups in total. The second kappa shape index (κ2) is 17.4. The van der Waals surface area contributed by atoms with Gasteiger partial charge in [-0.1, -0.05) is 33.6 Å². The molecule has 0 heterocycles. The molecule has 0 aromatic heterocycles. The molecule has 0 radical (unpaired) electrons. The largest absolute Gasteiger partial charge is 0.462 e. The van der Waals surface area contributed by atoms with Gasteiger partial charge in [0, 0.05) is 0 Å². The molecule has 2 unspecified atom stereocenters. The van der Waals surface area contributed by atoms with Crippen molar-refractivity contribution in [1.82, 2.24) is 0 Å². The molecule has 0 bridgehead atoms. The van der Waals surface area contributed by atoms with Crippen LogP contribution in [0.25, 0.3) is 0 Å². The maximum absolute atomic E-state index is 12.8. The van der Waals surface area contributed by atoms with E-state index in [2.05, 4.69) is 6.92 Å². The Hall–Kier alpha value is -3.72. The fourth-order valence-electron chi connectivity index (χ4n) is 5.38. The highest BCUT2D eigenvalue weighted by molar-refractivity contribution is 5.94. The molecule has 0 amide bonds. The van der Waals surface area contributed by atoms with Gasteiger partial charge >= 0.3 is 23.9 Å². The second-order valence-corrected chi connectivity index (χ2v) is 11.2. The number of ether oxygens (including phenoxy) is 4. The van der Waals surface area contributed by atoms with Crippen molar-refractivity contribution in [3.05, 3.63) is 70.8 Å². The number of benzene rings is 2. The first-order chi connectivity index (χ1) is 20.7. The van der Waals surface area contributed by atoms with Crippen LogP contribution in [0.1, 0.15) is 107 Å². The van der Waals surface area contributed by atoms with Gasteiger partial charge in [0.15, 0.2) is 0 Å². The van der Waals surface area contributed by atoms with Crippen LogP contribution in [0.5, 0.6) is 0 Å². The summed E-state index contributed by atoms with van der Waals surface area (Å²) in [7, 11) is 0. The Morgan fingerprint density at radius 3 is 1.60 bits per heavy atom. The van der Waals surface area contributed by atoms with Crippen LogP contribution < -0.4 is 0 Å². The number of hydrogen-bond donors (Lipinski definition) is 1. The maximum Gasteiger partial charge on any atom is 0.338 e. The smallest absolute Gasteiger partial charge is 0.338 e. The van der Waals surface area contributed by atoms with E-state index in [4.69, 9.17) is 24.1 Å². The summed E-state index contributed by atoms with van der Waals surface area (Å²) in [4.78, 5) is 49.2. The first-order valence-electron chi connectivity index (χ1n) is 15.3. The predicted octanol–water partition coefficient (Wildman–Crippen LogP) is 6.03. The summed E-state index contributed by atoms with van der Waals surface area (Å²) in [6.45, 7) is 6.45. The Bertz CT molecular complexity index is 1180. The van der Waals surface area contributed by atoms with Crippen LogP contribution in [0, 0.1) is 17.8 Å². The molecule has 0 spiro atoms. The Kier molecular flexibility index (Phi) is 13.7. The molecule has 234 valence electrons. The van der Waals surface area contributed by atoms with Crippen LogP contribution in [0.2, 0.25) is 0 Å². The van der Waals surface area contributed by atoms with Crippen molar-refractivity contribution >= 4 is 23.9 Å². The van der Waals surface area contributed by atoms with Gasteiger partial charge in [-0.2, -0.15) is 0 Å². The average Bonchev–Trinajstić information content (AvgIpc) is 3.04. The molecule has 43 heavy (non-hydrogen) atoms. The highest BCUT2D eigenvalue weighted by Crippen LogP contribution is 2.34. The number of rotatable bonds is 15. The zero-order valence-electron chi connectivity index (χ0n) is 25.4. The normalized spacial score (nSPS) is 17.8. The SMILES string of the molecule is CCCOC(=O)c1ccc(C(=O)OCC2CCC(CC(C)C(CC)OC(=O)c3ccc(C(=O)OCCO)cc3)CC2)cc1. The zero-order valence-corrected chi connectivity index (χ0v) is 25.4. The number of aliphatic hydroxyl groups is 1. The van der Waals surface area contributed by atoms with E-state index < -0.39 is 23.9 Å². The molecule has 3 rings (SSSR count). The average molecular weight is 597 g/mol. The summed E-state index contributed by atoms with van der Waals surface area (Å²) in [5, 5.41) is 8.79. The minimum absolute atomic E-state index is 0.0797. The fraction of sp³-hybridized carbons (Fsp3) is 0.529. The summed E-state index contributed by atoms with van der Waals surface area (Å²) in [5.41, 5.74) is 1.48. The Balaban J connectivity index is 1.40. The van der Waals surface area contributed by atoms with Gasteiger partial charge in [-0.05, 0) is 98.4 Å². The van der Waals surface area contributed by atoms with Gasteiger partial charge in [0.2, 0.25) is 0 Å². The van der Waals surface area contributed by atoms with Crippen molar-refractivity contribution in [1.29, 1.82) is 0 Å². The topological polar surface area (TPSA) is 125 Å². The molecule has 1 saturated carbocycles. The number of esters is 4. The minimum Gasteiger partial charge on any atom is -0.462 e. The van der Waals surface area contributed by atoms with E-state index >= 15 is 0 Å². The number of carbonyl (C=O) groups is 4. The number of hydrogen-bond acceptors (Lipinski definition) is 9. The molecule has 0 saturated heterocycles. The molecule has 1 aliphatic carbocycles. The lowest BCUT2D eigenvalue weighted by Crippen LogP contribution is -2.28. The standard InChI is InChI=1S/C34H44O9/c1-4-19-40-31(36)26-10-12-28(13-11-26)33(38)42-22-25-8-6-24(7-9-25)21-23(3)30(5-2)43-34(39)29-16-14-27(15-17-29)32(37)41-20-18-35/h10-17,23-25,30,35H,4-9,18-22H2,1-3H3. The highest BCUT2D eigenvalue weighted by atomic mass is 16.5. The van der Waals surface area contributed by atoms with Crippen LogP contribution in [0.15, 0.2) is 48.5 Å². The Morgan fingerprint density at radius 2 is 1.14 bits per heavy atom. The Morgan fingerprint density at radius 1 is 0.698 bits per heavy atom. The van der Waals surface area contributed by atoms with E-state index in [-0.39, 0.29) is 25.2 Å². The third-order valence-electron chi connectivity index (χ3n) is 7.89. The molecular formula is C34H44O9. The molecular weight excluding hydrogens is 552 g/mol. The van der Waals surface area contributed by atoms with Gasteiger partial charge in [0.05, 0.1) is 42.1 Å². The lowest BCUT2D eigenvalue weighted by Gasteiger charge is -2.32. The number of aliphatic hydroxyl groups excluding tert-OH is 1. The van der Waals surface area contributed by atoms with Crippen molar-refractivity contribution < 1.29 is 43.2 Å². The van der Waals surface area contributed by atoms with Gasteiger partial charge in [-0.15, -0.1) is 0 Å². The molecule has 9 nitrogen and oxygen atoms in total. The first-order valence-corrected chi connectivity index (χ1v) is 15.3. The lowest BCUT2D eigenvalue weighted by atomic mass is 9.77. The van der Waals surface area contributed by atoms with Crippen LogP contribution >= 0.6 is 0 Å². The highest BCUT2D eigenvalue weighted by Gasteiger charge is 2.28. The fourth-order valence-corrected chi connectivity index (χ4v) is 5.38. The molecule has 2 aromatic rings. The maximum atomic E-state index is 12.8. The van der Waals surface area contributed by atoms with Gasteiger partial charge in [-0.25, -0.2) is 19.2 Å². The van der Waals surface area contributed by atoms with Crippen molar-refractivity contribution in [3.63, 3.8) is 0 Å².